The van der Waals surface area contributed by atoms with Crippen molar-refractivity contribution in [3.63, 3.8) is 0 Å². The van der Waals surface area contributed by atoms with E-state index < -0.39 is 6.04 Å². The van der Waals surface area contributed by atoms with E-state index in [-0.39, 0.29) is 23.6 Å². The van der Waals surface area contributed by atoms with Crippen molar-refractivity contribution in [3.05, 3.63) is 104 Å². The number of amides is 1. The number of carbonyl (C=O) groups excluding carboxylic acids is 1. The standard InChI is InChI=1S/C29H26ClNO5/c1-4-34-23-13-11-18(15-24(23)35-5-2)26-25-27(32)20-14-17(3)10-12-22(20)36-28(25)29(33)31(26)16-19-8-6-7-9-21(19)30/h6-15,26H,4-5,16H2,1-3H3. The molecule has 0 saturated carbocycles. The highest BCUT2D eigenvalue weighted by Gasteiger charge is 2.43. The van der Waals surface area contributed by atoms with Crippen molar-refractivity contribution >= 4 is 28.5 Å². The number of fused-ring (bicyclic) bond motifs is 2. The maximum absolute atomic E-state index is 13.8. The first-order chi connectivity index (χ1) is 17.4. The minimum absolute atomic E-state index is 0.0558. The Morgan fingerprint density at radius 3 is 2.44 bits per heavy atom. The third-order valence-corrected chi connectivity index (χ3v) is 6.67. The van der Waals surface area contributed by atoms with Gasteiger partial charge in [0, 0.05) is 11.6 Å². The van der Waals surface area contributed by atoms with Crippen LogP contribution in [0.3, 0.4) is 0 Å². The zero-order valence-electron chi connectivity index (χ0n) is 20.3. The molecule has 0 radical (unpaired) electrons. The second-order valence-corrected chi connectivity index (χ2v) is 9.08. The predicted molar refractivity (Wildman–Crippen MR) is 139 cm³/mol. The highest BCUT2D eigenvalue weighted by Crippen LogP contribution is 2.42. The molecule has 1 aliphatic rings. The van der Waals surface area contributed by atoms with Gasteiger partial charge in [0.15, 0.2) is 16.9 Å². The fourth-order valence-corrected chi connectivity index (χ4v) is 4.89. The van der Waals surface area contributed by atoms with Gasteiger partial charge in [-0.15, -0.1) is 0 Å². The maximum atomic E-state index is 13.8. The Labute approximate surface area is 214 Å². The summed E-state index contributed by atoms with van der Waals surface area (Å²) < 4.78 is 17.6. The van der Waals surface area contributed by atoms with Crippen LogP contribution in [0.15, 0.2) is 69.9 Å². The average Bonchev–Trinajstić information content (AvgIpc) is 3.14. The number of hydrogen-bond acceptors (Lipinski definition) is 5. The molecule has 0 N–H and O–H groups in total. The summed E-state index contributed by atoms with van der Waals surface area (Å²) in [5.41, 5.74) is 2.91. The van der Waals surface area contributed by atoms with E-state index >= 15 is 0 Å². The Bertz CT molecular complexity index is 1530. The van der Waals surface area contributed by atoms with Crippen LogP contribution in [-0.2, 0) is 6.54 Å². The van der Waals surface area contributed by atoms with E-state index in [0.717, 1.165) is 16.7 Å². The molecule has 36 heavy (non-hydrogen) atoms. The van der Waals surface area contributed by atoms with Gasteiger partial charge in [-0.25, -0.2) is 0 Å². The molecule has 0 bridgehead atoms. The molecule has 5 rings (SSSR count). The molecule has 1 aromatic heterocycles. The topological polar surface area (TPSA) is 69.0 Å². The number of nitrogens with zero attached hydrogens (tertiary/aromatic N) is 1. The van der Waals surface area contributed by atoms with E-state index in [1.54, 1.807) is 23.1 Å². The van der Waals surface area contributed by atoms with Crippen LogP contribution in [-0.4, -0.2) is 24.0 Å². The molecule has 0 fully saturated rings. The summed E-state index contributed by atoms with van der Waals surface area (Å²) in [6, 6.07) is 17.6. The van der Waals surface area contributed by atoms with Crippen molar-refractivity contribution in [1.29, 1.82) is 0 Å². The Morgan fingerprint density at radius 1 is 0.944 bits per heavy atom. The van der Waals surface area contributed by atoms with Gasteiger partial charge >= 0.3 is 0 Å². The van der Waals surface area contributed by atoms with Crippen molar-refractivity contribution in [3.8, 4) is 11.5 Å². The summed E-state index contributed by atoms with van der Waals surface area (Å²) in [6.07, 6.45) is 0. The molecule has 184 valence electrons. The number of ether oxygens (including phenoxy) is 2. The van der Waals surface area contributed by atoms with Crippen LogP contribution in [0.4, 0.5) is 0 Å². The molecule has 0 aliphatic carbocycles. The van der Waals surface area contributed by atoms with Crippen molar-refractivity contribution in [1.82, 2.24) is 4.90 Å². The zero-order chi connectivity index (χ0) is 25.4. The molecule has 3 aromatic carbocycles. The molecule has 1 aliphatic heterocycles. The van der Waals surface area contributed by atoms with Crippen molar-refractivity contribution in [2.24, 2.45) is 0 Å². The van der Waals surface area contributed by atoms with Crippen LogP contribution in [0.1, 0.15) is 52.7 Å². The number of hydrogen-bond donors (Lipinski definition) is 0. The van der Waals surface area contributed by atoms with Crippen LogP contribution in [0, 0.1) is 6.92 Å². The van der Waals surface area contributed by atoms with E-state index in [2.05, 4.69) is 0 Å². The maximum Gasteiger partial charge on any atom is 0.291 e. The molecule has 0 spiro atoms. The summed E-state index contributed by atoms with van der Waals surface area (Å²) in [5, 5.41) is 0.990. The van der Waals surface area contributed by atoms with Crippen LogP contribution < -0.4 is 14.9 Å². The SMILES string of the molecule is CCOc1ccc(C2c3c(oc4ccc(C)cc4c3=O)C(=O)N2Cc2ccccc2Cl)cc1OCC. The van der Waals surface area contributed by atoms with Gasteiger partial charge in [-0.2, -0.15) is 0 Å². The first kappa shape index (κ1) is 23.9. The molecule has 1 amide bonds. The van der Waals surface area contributed by atoms with Gasteiger partial charge in [-0.05, 0) is 62.2 Å². The van der Waals surface area contributed by atoms with Crippen molar-refractivity contribution in [2.75, 3.05) is 13.2 Å². The normalized spacial score (nSPS) is 14.8. The summed E-state index contributed by atoms with van der Waals surface area (Å²) in [6.45, 7) is 6.85. The first-order valence-electron chi connectivity index (χ1n) is 11.9. The number of aryl methyl sites for hydroxylation is 1. The fourth-order valence-electron chi connectivity index (χ4n) is 4.69. The summed E-state index contributed by atoms with van der Waals surface area (Å²) >= 11 is 6.45. The van der Waals surface area contributed by atoms with Gasteiger partial charge in [-0.3, -0.25) is 9.59 Å². The van der Waals surface area contributed by atoms with E-state index in [0.29, 0.717) is 46.3 Å². The van der Waals surface area contributed by atoms with Gasteiger partial charge in [0.1, 0.15) is 5.58 Å². The summed E-state index contributed by atoms with van der Waals surface area (Å²) in [4.78, 5) is 29.2. The number of benzene rings is 3. The Kier molecular flexibility index (Phi) is 6.46. The predicted octanol–water partition coefficient (Wildman–Crippen LogP) is 6.30. The molecule has 4 aromatic rings. The van der Waals surface area contributed by atoms with E-state index in [4.69, 9.17) is 25.5 Å². The molecular weight excluding hydrogens is 478 g/mol. The molecule has 7 heteroatoms. The van der Waals surface area contributed by atoms with Crippen LogP contribution in [0.2, 0.25) is 5.02 Å². The lowest BCUT2D eigenvalue weighted by Crippen LogP contribution is -2.29. The van der Waals surface area contributed by atoms with Gasteiger partial charge in [-0.1, -0.05) is 47.5 Å². The van der Waals surface area contributed by atoms with Crippen LogP contribution in [0.5, 0.6) is 11.5 Å². The molecule has 2 heterocycles. The van der Waals surface area contributed by atoms with E-state index in [1.807, 2.05) is 63.2 Å². The lowest BCUT2D eigenvalue weighted by Gasteiger charge is -2.26. The van der Waals surface area contributed by atoms with Gasteiger partial charge in [0.05, 0.1) is 30.2 Å². The first-order valence-corrected chi connectivity index (χ1v) is 12.3. The number of halogens is 1. The summed E-state index contributed by atoms with van der Waals surface area (Å²) in [5.74, 6) is 0.851. The summed E-state index contributed by atoms with van der Waals surface area (Å²) in [7, 11) is 0. The Morgan fingerprint density at radius 2 is 1.69 bits per heavy atom. The quantitative estimate of drug-likeness (QED) is 0.296. The van der Waals surface area contributed by atoms with Gasteiger partial charge in [0.2, 0.25) is 5.76 Å². The van der Waals surface area contributed by atoms with Gasteiger partial charge in [0.25, 0.3) is 5.91 Å². The van der Waals surface area contributed by atoms with Gasteiger partial charge < -0.3 is 18.8 Å². The minimum Gasteiger partial charge on any atom is -0.490 e. The van der Waals surface area contributed by atoms with Crippen LogP contribution in [0.25, 0.3) is 11.0 Å². The van der Waals surface area contributed by atoms with Crippen molar-refractivity contribution < 1.29 is 18.7 Å². The van der Waals surface area contributed by atoms with E-state index in [9.17, 15) is 9.59 Å². The highest BCUT2D eigenvalue weighted by molar-refractivity contribution is 6.31. The minimum atomic E-state index is -0.681. The second kappa shape index (κ2) is 9.70. The lowest BCUT2D eigenvalue weighted by molar-refractivity contribution is 0.0714. The average molecular weight is 504 g/mol. The molecule has 6 nitrogen and oxygen atoms in total. The zero-order valence-corrected chi connectivity index (χ0v) is 21.1. The molecule has 0 saturated heterocycles. The smallest absolute Gasteiger partial charge is 0.291 e. The van der Waals surface area contributed by atoms with Crippen molar-refractivity contribution in [2.45, 2.75) is 33.4 Å². The Balaban J connectivity index is 1.73. The highest BCUT2D eigenvalue weighted by atomic mass is 35.5. The largest absolute Gasteiger partial charge is 0.490 e. The third-order valence-electron chi connectivity index (χ3n) is 6.30. The monoisotopic (exact) mass is 503 g/mol. The molecule has 1 unspecified atom stereocenters. The molecule has 1 atom stereocenters. The number of rotatable bonds is 7. The lowest BCUT2D eigenvalue weighted by atomic mass is 9.97. The third kappa shape index (κ3) is 4.11. The van der Waals surface area contributed by atoms with E-state index in [1.165, 1.54) is 0 Å². The van der Waals surface area contributed by atoms with Crippen LogP contribution >= 0.6 is 11.6 Å². The number of carbonyl (C=O) groups is 1. The second-order valence-electron chi connectivity index (χ2n) is 8.67. The molecular formula is C29H26ClNO5. The fraction of sp³-hybridized carbons (Fsp3) is 0.241. The Hall–Kier alpha value is -3.77.